The molecule has 0 amide bonds. The van der Waals surface area contributed by atoms with Crippen molar-refractivity contribution in [3.63, 3.8) is 0 Å². The third-order valence-corrected chi connectivity index (χ3v) is 4.45. The Morgan fingerprint density at radius 2 is 1.21 bits per heavy atom. The molecule has 1 unspecified atom stereocenters. The molecule has 0 bridgehead atoms. The molecule has 0 aromatic heterocycles. The Labute approximate surface area is 124 Å². The second kappa shape index (κ2) is 14.6. The van der Waals surface area contributed by atoms with E-state index in [9.17, 15) is 0 Å². The van der Waals surface area contributed by atoms with Crippen molar-refractivity contribution in [2.45, 2.75) is 110 Å². The van der Waals surface area contributed by atoms with Gasteiger partial charge in [-0.3, -0.25) is 0 Å². The van der Waals surface area contributed by atoms with Crippen molar-refractivity contribution in [1.29, 1.82) is 0 Å². The lowest BCUT2D eigenvalue weighted by molar-refractivity contribution is 0.178. The van der Waals surface area contributed by atoms with Crippen molar-refractivity contribution in [2.24, 2.45) is 0 Å². The Hall–Kier alpha value is 0.177. The van der Waals surface area contributed by atoms with Crippen LogP contribution in [0.25, 0.3) is 0 Å². The number of unbranched alkanes of at least 4 members (excludes halogenated alkanes) is 8. The molecule has 1 nitrogen and oxygen atoms in total. The third-order valence-electron chi connectivity index (χ3n) is 3.64. The van der Waals surface area contributed by atoms with Crippen LogP contribution in [-0.2, 0) is 4.43 Å². The fraction of sp³-hybridized carbons (Fsp3) is 1.00. The van der Waals surface area contributed by atoms with Crippen LogP contribution in [-0.4, -0.2) is 15.1 Å². The van der Waals surface area contributed by atoms with Crippen molar-refractivity contribution < 1.29 is 4.43 Å². The smallest absolute Gasteiger partial charge is 0.205 e. The fourth-order valence-electron chi connectivity index (χ4n) is 2.60. The van der Waals surface area contributed by atoms with Gasteiger partial charge in [0.15, 0.2) is 0 Å². The Bertz CT molecular complexity index is 171. The van der Waals surface area contributed by atoms with Crippen molar-refractivity contribution in [3.05, 3.63) is 0 Å². The van der Waals surface area contributed by atoms with E-state index in [0.717, 1.165) is 0 Å². The zero-order valence-corrected chi connectivity index (χ0v) is 15.0. The van der Waals surface area contributed by atoms with Gasteiger partial charge >= 0.3 is 0 Å². The molecule has 19 heavy (non-hydrogen) atoms. The first-order valence-corrected chi connectivity index (χ1v) is 11.1. The van der Waals surface area contributed by atoms with Gasteiger partial charge in [-0.15, -0.1) is 0 Å². The average molecular weight is 286 g/mol. The lowest BCUT2D eigenvalue weighted by Gasteiger charge is -2.19. The van der Waals surface area contributed by atoms with E-state index in [0.29, 0.717) is 6.10 Å². The van der Waals surface area contributed by atoms with Crippen molar-refractivity contribution >= 4 is 9.04 Å². The summed E-state index contributed by atoms with van der Waals surface area (Å²) >= 11 is 0. The van der Waals surface area contributed by atoms with Crippen LogP contribution in [0.5, 0.6) is 0 Å². The summed E-state index contributed by atoms with van der Waals surface area (Å²) in [4.78, 5) is 0. The van der Waals surface area contributed by atoms with E-state index in [2.05, 4.69) is 26.9 Å². The van der Waals surface area contributed by atoms with Crippen LogP contribution in [0.15, 0.2) is 0 Å². The van der Waals surface area contributed by atoms with E-state index in [1.165, 1.54) is 77.0 Å². The fourth-order valence-corrected chi connectivity index (χ4v) is 3.50. The summed E-state index contributed by atoms with van der Waals surface area (Å²) in [5, 5.41) is 0. The van der Waals surface area contributed by atoms with E-state index in [1.54, 1.807) is 0 Å². The normalized spacial score (nSPS) is 13.1. The first-order valence-electron chi connectivity index (χ1n) is 8.67. The predicted octanol–water partition coefficient (Wildman–Crippen LogP) is 6.34. The summed E-state index contributed by atoms with van der Waals surface area (Å²) in [6, 6.07) is 0. The monoisotopic (exact) mass is 285 g/mol. The summed E-state index contributed by atoms with van der Waals surface area (Å²) in [5.74, 6) is 0. The molecular weight excluding hydrogens is 248 g/mol. The van der Waals surface area contributed by atoms with Crippen molar-refractivity contribution in [1.82, 2.24) is 0 Å². The largest absolute Gasteiger partial charge is 0.414 e. The van der Waals surface area contributed by atoms with Crippen molar-refractivity contribution in [2.75, 3.05) is 0 Å². The van der Waals surface area contributed by atoms with E-state index >= 15 is 0 Å². The minimum absolute atomic E-state index is 0.514. The topological polar surface area (TPSA) is 9.23 Å². The number of rotatable bonds is 14. The van der Waals surface area contributed by atoms with Crippen LogP contribution in [0.3, 0.4) is 0 Å². The molecule has 0 aliphatic carbocycles. The third kappa shape index (κ3) is 14.4. The molecule has 115 valence electrons. The second-order valence-electron chi connectivity index (χ2n) is 6.05. The first-order chi connectivity index (χ1) is 9.20. The van der Waals surface area contributed by atoms with Crippen LogP contribution in [0.1, 0.15) is 90.9 Å². The molecule has 1 radical (unpaired) electrons. The van der Waals surface area contributed by atoms with Gasteiger partial charge in [-0.1, -0.05) is 78.1 Å². The molecular formula is C17H37OSi. The van der Waals surface area contributed by atoms with Gasteiger partial charge in [0.05, 0.1) is 0 Å². The summed E-state index contributed by atoms with van der Waals surface area (Å²) in [7, 11) is -0.514. The molecule has 0 fully saturated rings. The summed E-state index contributed by atoms with van der Waals surface area (Å²) < 4.78 is 6.06. The average Bonchev–Trinajstić information content (AvgIpc) is 2.36. The van der Waals surface area contributed by atoms with Crippen LogP contribution in [0.2, 0.25) is 13.1 Å². The summed E-state index contributed by atoms with van der Waals surface area (Å²) in [6.07, 6.45) is 17.1. The molecule has 0 rings (SSSR count). The minimum atomic E-state index is -0.514. The molecule has 2 heteroatoms. The molecule has 0 N–H and O–H groups in total. The van der Waals surface area contributed by atoms with Gasteiger partial charge in [-0.05, 0) is 25.9 Å². The summed E-state index contributed by atoms with van der Waals surface area (Å²) in [6.45, 7) is 9.06. The van der Waals surface area contributed by atoms with Gasteiger partial charge in [0.1, 0.15) is 0 Å². The predicted molar refractivity (Wildman–Crippen MR) is 89.1 cm³/mol. The highest BCUT2D eigenvalue weighted by molar-refractivity contribution is 6.48. The Morgan fingerprint density at radius 1 is 0.684 bits per heavy atom. The standard InChI is InChI=1S/C17H37OSi/c1-5-7-8-9-10-11-12-13-14-16-17(15-6-2)18-19(3)4/h17H,5-16H2,1-4H3. The van der Waals surface area contributed by atoms with Gasteiger partial charge in [0.25, 0.3) is 0 Å². The second-order valence-corrected chi connectivity index (χ2v) is 8.11. The maximum atomic E-state index is 6.06. The molecule has 0 saturated carbocycles. The molecule has 0 heterocycles. The maximum Gasteiger partial charge on any atom is 0.205 e. The Morgan fingerprint density at radius 3 is 1.68 bits per heavy atom. The van der Waals surface area contributed by atoms with Crippen molar-refractivity contribution in [3.8, 4) is 0 Å². The van der Waals surface area contributed by atoms with E-state index in [4.69, 9.17) is 4.43 Å². The van der Waals surface area contributed by atoms with Crippen LogP contribution in [0, 0.1) is 0 Å². The lowest BCUT2D eigenvalue weighted by atomic mass is 10.0. The maximum absolute atomic E-state index is 6.06. The van der Waals surface area contributed by atoms with Crippen LogP contribution >= 0.6 is 0 Å². The first kappa shape index (κ1) is 19.2. The Kier molecular flexibility index (Phi) is 14.7. The molecule has 0 aliphatic heterocycles. The van der Waals surface area contributed by atoms with Gasteiger partial charge in [-0.25, -0.2) is 0 Å². The van der Waals surface area contributed by atoms with Gasteiger partial charge < -0.3 is 4.43 Å². The van der Waals surface area contributed by atoms with Gasteiger partial charge in [-0.2, -0.15) is 0 Å². The number of hydrogen-bond acceptors (Lipinski definition) is 1. The highest BCUT2D eigenvalue weighted by Gasteiger charge is 2.10. The van der Waals surface area contributed by atoms with Crippen LogP contribution in [0.4, 0.5) is 0 Å². The molecule has 0 aromatic carbocycles. The van der Waals surface area contributed by atoms with E-state index in [-0.39, 0.29) is 0 Å². The molecule has 0 spiro atoms. The molecule has 0 aliphatic rings. The highest BCUT2D eigenvalue weighted by atomic mass is 28.3. The Balaban J connectivity index is 3.34. The summed E-state index contributed by atoms with van der Waals surface area (Å²) in [5.41, 5.74) is 0. The zero-order valence-electron chi connectivity index (χ0n) is 14.0. The number of hydrogen-bond donors (Lipinski definition) is 0. The van der Waals surface area contributed by atoms with E-state index in [1.807, 2.05) is 0 Å². The highest BCUT2D eigenvalue weighted by Crippen LogP contribution is 2.15. The minimum Gasteiger partial charge on any atom is -0.414 e. The molecule has 1 atom stereocenters. The quantitative estimate of drug-likeness (QED) is 0.267. The van der Waals surface area contributed by atoms with E-state index < -0.39 is 9.04 Å². The lowest BCUT2D eigenvalue weighted by Crippen LogP contribution is -2.20. The van der Waals surface area contributed by atoms with Gasteiger partial charge in [0.2, 0.25) is 9.04 Å². The molecule has 0 saturated heterocycles. The molecule has 0 aromatic rings. The van der Waals surface area contributed by atoms with Gasteiger partial charge in [0, 0.05) is 6.10 Å². The van der Waals surface area contributed by atoms with Crippen LogP contribution < -0.4 is 0 Å². The SMILES string of the molecule is CCCCCCCCCCCC(CCC)O[Si](C)C. The zero-order chi connectivity index (χ0) is 14.3.